The zero-order valence-corrected chi connectivity index (χ0v) is 15.4. The lowest BCUT2D eigenvalue weighted by molar-refractivity contribution is 0.102. The van der Waals surface area contributed by atoms with Gasteiger partial charge in [-0.3, -0.25) is 4.79 Å². The van der Waals surface area contributed by atoms with Gasteiger partial charge in [-0.05, 0) is 36.8 Å². The van der Waals surface area contributed by atoms with Gasteiger partial charge in [-0.2, -0.15) is 0 Å². The number of amides is 1. The average molecular weight is 357 g/mol. The molecule has 138 valence electrons. The van der Waals surface area contributed by atoms with E-state index in [1.807, 2.05) is 13.0 Å². The fourth-order valence-corrected chi connectivity index (χ4v) is 2.29. The molecule has 0 saturated heterocycles. The van der Waals surface area contributed by atoms with Crippen molar-refractivity contribution in [1.82, 2.24) is 0 Å². The largest absolute Gasteiger partial charge is 0.493 e. The van der Waals surface area contributed by atoms with E-state index in [2.05, 4.69) is 11.9 Å². The van der Waals surface area contributed by atoms with Crippen molar-refractivity contribution in [3.8, 4) is 23.0 Å². The Bertz CT molecular complexity index is 776. The molecule has 2 aromatic rings. The summed E-state index contributed by atoms with van der Waals surface area (Å²) < 4.78 is 21.4. The molecule has 0 unspecified atom stereocenters. The zero-order valence-electron chi connectivity index (χ0n) is 15.4. The SMILES string of the molecule is C=C(C)COc1cccc(NC(=O)c2cc(OC)c(OC)c(OC)c2)c1. The fourth-order valence-electron chi connectivity index (χ4n) is 2.29. The van der Waals surface area contributed by atoms with Crippen LogP contribution in [-0.2, 0) is 0 Å². The van der Waals surface area contributed by atoms with Gasteiger partial charge in [-0.1, -0.05) is 12.6 Å². The van der Waals surface area contributed by atoms with Crippen LogP contribution in [-0.4, -0.2) is 33.8 Å². The summed E-state index contributed by atoms with van der Waals surface area (Å²) >= 11 is 0. The highest BCUT2D eigenvalue weighted by molar-refractivity contribution is 6.05. The van der Waals surface area contributed by atoms with Gasteiger partial charge in [-0.25, -0.2) is 0 Å². The van der Waals surface area contributed by atoms with Crippen molar-refractivity contribution in [2.45, 2.75) is 6.92 Å². The second-order valence-electron chi connectivity index (χ2n) is 5.64. The van der Waals surface area contributed by atoms with Crippen LogP contribution >= 0.6 is 0 Å². The van der Waals surface area contributed by atoms with E-state index in [9.17, 15) is 4.79 Å². The van der Waals surface area contributed by atoms with E-state index >= 15 is 0 Å². The van der Waals surface area contributed by atoms with Crippen molar-refractivity contribution >= 4 is 11.6 Å². The summed E-state index contributed by atoms with van der Waals surface area (Å²) in [4.78, 5) is 12.6. The Morgan fingerprint density at radius 1 is 1.04 bits per heavy atom. The molecular formula is C20H23NO5. The highest BCUT2D eigenvalue weighted by atomic mass is 16.5. The van der Waals surface area contributed by atoms with Crippen molar-refractivity contribution in [2.75, 3.05) is 33.3 Å². The van der Waals surface area contributed by atoms with Crippen LogP contribution in [0.4, 0.5) is 5.69 Å². The molecule has 0 aliphatic rings. The molecular weight excluding hydrogens is 334 g/mol. The second-order valence-corrected chi connectivity index (χ2v) is 5.64. The summed E-state index contributed by atoms with van der Waals surface area (Å²) in [7, 11) is 4.51. The first-order chi connectivity index (χ1) is 12.5. The van der Waals surface area contributed by atoms with E-state index < -0.39 is 0 Å². The molecule has 0 atom stereocenters. The Kier molecular flexibility index (Phi) is 6.49. The number of carbonyl (C=O) groups excluding carboxylic acids is 1. The maximum Gasteiger partial charge on any atom is 0.255 e. The van der Waals surface area contributed by atoms with Gasteiger partial charge in [0.05, 0.1) is 21.3 Å². The van der Waals surface area contributed by atoms with Crippen LogP contribution in [0.2, 0.25) is 0 Å². The van der Waals surface area contributed by atoms with Crippen LogP contribution in [0.3, 0.4) is 0 Å². The molecule has 0 bridgehead atoms. The second kappa shape index (κ2) is 8.80. The number of ether oxygens (including phenoxy) is 4. The summed E-state index contributed by atoms with van der Waals surface area (Å²) in [6.07, 6.45) is 0. The van der Waals surface area contributed by atoms with E-state index in [0.717, 1.165) is 5.57 Å². The lowest BCUT2D eigenvalue weighted by atomic mass is 10.1. The molecule has 2 aromatic carbocycles. The Labute approximate surface area is 153 Å². The van der Waals surface area contributed by atoms with E-state index in [-0.39, 0.29) is 5.91 Å². The van der Waals surface area contributed by atoms with Gasteiger partial charge in [-0.15, -0.1) is 0 Å². The molecule has 26 heavy (non-hydrogen) atoms. The van der Waals surface area contributed by atoms with Crippen molar-refractivity contribution in [3.05, 3.63) is 54.1 Å². The average Bonchev–Trinajstić information content (AvgIpc) is 2.65. The normalized spacial score (nSPS) is 10.0. The maximum absolute atomic E-state index is 12.6. The first-order valence-corrected chi connectivity index (χ1v) is 7.97. The molecule has 0 spiro atoms. The highest BCUT2D eigenvalue weighted by Crippen LogP contribution is 2.38. The van der Waals surface area contributed by atoms with Gasteiger partial charge in [0, 0.05) is 17.3 Å². The van der Waals surface area contributed by atoms with Gasteiger partial charge in [0.1, 0.15) is 12.4 Å². The van der Waals surface area contributed by atoms with Crippen LogP contribution in [0.15, 0.2) is 48.6 Å². The molecule has 0 aromatic heterocycles. The van der Waals surface area contributed by atoms with Crippen molar-refractivity contribution in [2.24, 2.45) is 0 Å². The summed E-state index contributed by atoms with van der Waals surface area (Å²) in [5, 5.41) is 2.83. The van der Waals surface area contributed by atoms with Crippen molar-refractivity contribution in [3.63, 3.8) is 0 Å². The summed E-state index contributed by atoms with van der Waals surface area (Å²) in [5.74, 6) is 1.60. The third-order valence-corrected chi connectivity index (χ3v) is 3.50. The smallest absolute Gasteiger partial charge is 0.255 e. The third-order valence-electron chi connectivity index (χ3n) is 3.50. The van der Waals surface area contributed by atoms with Crippen molar-refractivity contribution < 1.29 is 23.7 Å². The van der Waals surface area contributed by atoms with Gasteiger partial charge < -0.3 is 24.3 Å². The molecule has 0 aliphatic heterocycles. The van der Waals surface area contributed by atoms with E-state index in [4.69, 9.17) is 18.9 Å². The molecule has 2 rings (SSSR count). The summed E-state index contributed by atoms with van der Waals surface area (Å²) in [5.41, 5.74) is 1.91. The van der Waals surface area contributed by atoms with Crippen LogP contribution in [0, 0.1) is 0 Å². The lowest BCUT2D eigenvalue weighted by Crippen LogP contribution is -2.12. The quantitative estimate of drug-likeness (QED) is 0.726. The van der Waals surface area contributed by atoms with Gasteiger partial charge in [0.15, 0.2) is 11.5 Å². The van der Waals surface area contributed by atoms with Gasteiger partial charge in [0.2, 0.25) is 5.75 Å². The number of methoxy groups -OCH3 is 3. The molecule has 6 nitrogen and oxygen atoms in total. The van der Waals surface area contributed by atoms with E-state index in [0.29, 0.717) is 40.9 Å². The van der Waals surface area contributed by atoms with Gasteiger partial charge >= 0.3 is 0 Å². The minimum atomic E-state index is -0.304. The predicted molar refractivity (Wildman–Crippen MR) is 101 cm³/mol. The summed E-state index contributed by atoms with van der Waals surface area (Å²) in [6.45, 7) is 6.10. The third kappa shape index (κ3) is 4.69. The number of nitrogens with one attached hydrogen (secondary N) is 1. The number of rotatable bonds is 8. The fraction of sp³-hybridized carbons (Fsp3) is 0.250. The molecule has 0 saturated carbocycles. The zero-order chi connectivity index (χ0) is 19.1. The molecule has 1 amide bonds. The van der Waals surface area contributed by atoms with Crippen molar-refractivity contribution in [1.29, 1.82) is 0 Å². The van der Waals surface area contributed by atoms with Crippen LogP contribution < -0.4 is 24.3 Å². The van der Waals surface area contributed by atoms with Crippen LogP contribution in [0.1, 0.15) is 17.3 Å². The number of hydrogen-bond acceptors (Lipinski definition) is 5. The van der Waals surface area contributed by atoms with Gasteiger partial charge in [0.25, 0.3) is 5.91 Å². The number of anilines is 1. The molecule has 0 aliphatic carbocycles. The Hall–Kier alpha value is -3.15. The number of carbonyl (C=O) groups is 1. The Balaban J connectivity index is 2.22. The Morgan fingerprint density at radius 2 is 1.69 bits per heavy atom. The van der Waals surface area contributed by atoms with Crippen LogP contribution in [0.25, 0.3) is 0 Å². The van der Waals surface area contributed by atoms with E-state index in [1.165, 1.54) is 21.3 Å². The first kappa shape index (κ1) is 19.2. The van der Waals surface area contributed by atoms with Crippen LogP contribution in [0.5, 0.6) is 23.0 Å². The lowest BCUT2D eigenvalue weighted by Gasteiger charge is -2.14. The van der Waals surface area contributed by atoms with E-state index in [1.54, 1.807) is 30.3 Å². The minimum absolute atomic E-state index is 0.304. The first-order valence-electron chi connectivity index (χ1n) is 7.97. The molecule has 0 radical (unpaired) electrons. The monoisotopic (exact) mass is 357 g/mol. The molecule has 1 N–H and O–H groups in total. The topological polar surface area (TPSA) is 66.0 Å². The highest BCUT2D eigenvalue weighted by Gasteiger charge is 2.17. The maximum atomic E-state index is 12.6. The molecule has 6 heteroatoms. The standard InChI is InChI=1S/C20H23NO5/c1-13(2)12-26-16-8-6-7-15(11-16)21-20(22)14-9-17(23-3)19(25-5)18(10-14)24-4/h6-11H,1,12H2,2-5H3,(H,21,22). The summed E-state index contributed by atoms with van der Waals surface area (Å²) in [6, 6.07) is 10.3. The molecule has 0 heterocycles. The molecule has 0 fully saturated rings. The minimum Gasteiger partial charge on any atom is -0.493 e. The number of benzene rings is 2. The predicted octanol–water partition coefficient (Wildman–Crippen LogP) is 3.92. The Morgan fingerprint density at radius 3 is 2.23 bits per heavy atom. The number of hydrogen-bond donors (Lipinski definition) is 1.